The molecule has 2 aromatic carbocycles. The normalized spacial score (nSPS) is 16.0. The molecule has 2 amide bonds. The average molecular weight is 432 g/mol. The minimum atomic E-state index is -0.0676. The monoisotopic (exact) mass is 431 g/mol. The molecule has 1 aliphatic heterocycles. The number of benzene rings is 2. The van der Waals surface area contributed by atoms with Gasteiger partial charge in [-0.2, -0.15) is 0 Å². The molecule has 1 atom stereocenters. The first kappa shape index (κ1) is 21.8. The topological polar surface area (TPSA) is 75.4 Å². The van der Waals surface area contributed by atoms with E-state index in [1.807, 2.05) is 59.5 Å². The minimum absolute atomic E-state index is 0.0285. The summed E-state index contributed by atoms with van der Waals surface area (Å²) in [5.41, 5.74) is 3.30. The van der Waals surface area contributed by atoms with Crippen LogP contribution in [0, 0.1) is 0 Å². The van der Waals surface area contributed by atoms with Crippen molar-refractivity contribution in [3.05, 3.63) is 77.7 Å². The number of rotatable bonds is 7. The predicted octanol–water partition coefficient (Wildman–Crippen LogP) is 4.61. The Bertz CT molecular complexity index is 1040. The lowest BCUT2D eigenvalue weighted by molar-refractivity contribution is -0.121. The molecule has 1 N–H and O–H groups in total. The number of aromatic nitrogens is 1. The van der Waals surface area contributed by atoms with E-state index in [2.05, 4.69) is 17.2 Å². The highest BCUT2D eigenvalue weighted by atomic mass is 16.3. The zero-order valence-electron chi connectivity index (χ0n) is 18.4. The van der Waals surface area contributed by atoms with Crippen LogP contribution in [0.1, 0.15) is 54.2 Å². The van der Waals surface area contributed by atoms with E-state index in [-0.39, 0.29) is 17.9 Å². The fourth-order valence-electron chi connectivity index (χ4n) is 4.01. The molecule has 0 spiro atoms. The fraction of sp³-hybridized carbons (Fsp3) is 0.346. The maximum Gasteiger partial charge on any atom is 0.276 e. The Morgan fingerprint density at radius 2 is 1.84 bits per heavy atom. The second-order valence-electron chi connectivity index (χ2n) is 8.34. The molecule has 0 bridgehead atoms. The number of hydrogen-bond donors (Lipinski definition) is 1. The van der Waals surface area contributed by atoms with Gasteiger partial charge in [0.1, 0.15) is 6.26 Å². The summed E-state index contributed by atoms with van der Waals surface area (Å²) in [6, 6.07) is 17.9. The number of oxazole rings is 1. The third-order valence-corrected chi connectivity index (χ3v) is 5.96. The van der Waals surface area contributed by atoms with Gasteiger partial charge >= 0.3 is 0 Å². The van der Waals surface area contributed by atoms with Gasteiger partial charge in [0.25, 0.3) is 5.91 Å². The molecule has 1 saturated heterocycles. The smallest absolute Gasteiger partial charge is 0.276 e. The number of likely N-dealkylation sites (tertiary alicyclic amines) is 1. The zero-order chi connectivity index (χ0) is 22.3. The summed E-state index contributed by atoms with van der Waals surface area (Å²) < 4.78 is 5.58. The Balaban J connectivity index is 1.30. The second kappa shape index (κ2) is 10.3. The summed E-state index contributed by atoms with van der Waals surface area (Å²) >= 11 is 0. The highest BCUT2D eigenvalue weighted by molar-refractivity contribution is 5.92. The van der Waals surface area contributed by atoms with Gasteiger partial charge in [-0.05, 0) is 55.9 Å². The molecule has 1 aromatic heterocycles. The highest BCUT2D eigenvalue weighted by Crippen LogP contribution is 2.23. The van der Waals surface area contributed by atoms with Crippen molar-refractivity contribution in [1.82, 2.24) is 15.2 Å². The summed E-state index contributed by atoms with van der Waals surface area (Å²) in [7, 11) is 0. The van der Waals surface area contributed by atoms with E-state index in [0.29, 0.717) is 24.6 Å². The maximum absolute atomic E-state index is 12.8. The first-order chi connectivity index (χ1) is 15.6. The summed E-state index contributed by atoms with van der Waals surface area (Å²) in [4.78, 5) is 31.2. The van der Waals surface area contributed by atoms with Gasteiger partial charge in [-0.15, -0.1) is 0 Å². The molecule has 6 nitrogen and oxygen atoms in total. The number of aryl methyl sites for hydroxylation is 1. The van der Waals surface area contributed by atoms with Crippen LogP contribution < -0.4 is 5.32 Å². The van der Waals surface area contributed by atoms with Crippen LogP contribution >= 0.6 is 0 Å². The van der Waals surface area contributed by atoms with Crippen molar-refractivity contribution in [2.24, 2.45) is 0 Å². The van der Waals surface area contributed by atoms with Crippen LogP contribution in [0.5, 0.6) is 0 Å². The van der Waals surface area contributed by atoms with Crippen LogP contribution in [0.15, 0.2) is 65.3 Å². The summed E-state index contributed by atoms with van der Waals surface area (Å²) in [6.07, 6.45) is 5.86. The number of amides is 2. The molecule has 0 radical (unpaired) electrons. The summed E-state index contributed by atoms with van der Waals surface area (Å²) in [5.74, 6) is 0.388. The lowest BCUT2D eigenvalue weighted by Crippen LogP contribution is -2.42. The molecular weight excluding hydrogens is 402 g/mol. The summed E-state index contributed by atoms with van der Waals surface area (Å²) in [6.45, 7) is 3.32. The van der Waals surface area contributed by atoms with Crippen LogP contribution in [-0.4, -0.2) is 34.3 Å². The van der Waals surface area contributed by atoms with E-state index in [1.165, 1.54) is 6.26 Å². The molecular formula is C26H29N3O3. The van der Waals surface area contributed by atoms with Crippen molar-refractivity contribution in [1.29, 1.82) is 0 Å². The predicted molar refractivity (Wildman–Crippen MR) is 123 cm³/mol. The second-order valence-corrected chi connectivity index (χ2v) is 8.34. The quantitative estimate of drug-likeness (QED) is 0.593. The number of nitrogens with one attached hydrogen (secondary N) is 1. The molecule has 1 unspecified atom stereocenters. The van der Waals surface area contributed by atoms with Crippen molar-refractivity contribution >= 4 is 11.8 Å². The van der Waals surface area contributed by atoms with Gasteiger partial charge in [0.05, 0.1) is 0 Å². The number of carbonyl (C=O) groups is 2. The van der Waals surface area contributed by atoms with E-state index in [0.717, 1.165) is 48.9 Å². The Hall–Kier alpha value is -3.41. The highest BCUT2D eigenvalue weighted by Gasteiger charge is 2.26. The Kier molecular flexibility index (Phi) is 7.00. The molecule has 2 heterocycles. The molecule has 0 saturated carbocycles. The van der Waals surface area contributed by atoms with Gasteiger partial charge in [-0.1, -0.05) is 42.5 Å². The van der Waals surface area contributed by atoms with E-state index in [1.54, 1.807) is 0 Å². The first-order valence-corrected chi connectivity index (χ1v) is 11.3. The lowest BCUT2D eigenvalue weighted by Gasteiger charge is -2.32. The van der Waals surface area contributed by atoms with Crippen LogP contribution in [0.4, 0.5) is 0 Å². The molecule has 6 heteroatoms. The van der Waals surface area contributed by atoms with Gasteiger partial charge in [0.15, 0.2) is 5.69 Å². The van der Waals surface area contributed by atoms with Crippen molar-refractivity contribution in [3.63, 3.8) is 0 Å². The Labute approximate surface area is 188 Å². The van der Waals surface area contributed by atoms with Crippen molar-refractivity contribution < 1.29 is 14.0 Å². The van der Waals surface area contributed by atoms with Gasteiger partial charge in [-0.25, -0.2) is 4.98 Å². The number of hydrogen-bond acceptors (Lipinski definition) is 4. The van der Waals surface area contributed by atoms with Gasteiger partial charge in [0, 0.05) is 31.1 Å². The molecule has 3 aromatic rings. The van der Waals surface area contributed by atoms with Gasteiger partial charge in [0.2, 0.25) is 11.8 Å². The molecule has 1 fully saturated rings. The van der Waals surface area contributed by atoms with Crippen LogP contribution in [-0.2, 0) is 17.8 Å². The van der Waals surface area contributed by atoms with Crippen LogP contribution in [0.25, 0.3) is 11.5 Å². The van der Waals surface area contributed by atoms with Gasteiger partial charge < -0.3 is 14.6 Å². The standard InChI is InChI=1S/C26H29N3O3/c1-19-7-5-6-16-29(19)26(31)23-18-32-25(28-23)22-13-10-21(11-14-22)17-27-24(30)15-12-20-8-3-2-4-9-20/h2-4,8-11,13-14,18-19H,5-7,12,15-17H2,1H3,(H,27,30). The van der Waals surface area contributed by atoms with E-state index >= 15 is 0 Å². The molecule has 4 rings (SSSR count). The maximum atomic E-state index is 12.8. The van der Waals surface area contributed by atoms with E-state index in [9.17, 15) is 9.59 Å². The Morgan fingerprint density at radius 3 is 2.59 bits per heavy atom. The molecule has 166 valence electrons. The molecule has 32 heavy (non-hydrogen) atoms. The number of carbonyl (C=O) groups excluding carboxylic acids is 2. The minimum Gasteiger partial charge on any atom is -0.444 e. The van der Waals surface area contributed by atoms with Crippen molar-refractivity contribution in [2.75, 3.05) is 6.54 Å². The largest absolute Gasteiger partial charge is 0.444 e. The fourth-order valence-corrected chi connectivity index (χ4v) is 4.01. The summed E-state index contributed by atoms with van der Waals surface area (Å²) in [5, 5.41) is 2.96. The zero-order valence-corrected chi connectivity index (χ0v) is 18.4. The third-order valence-electron chi connectivity index (χ3n) is 5.96. The molecule has 1 aliphatic rings. The van der Waals surface area contributed by atoms with Crippen LogP contribution in [0.2, 0.25) is 0 Å². The van der Waals surface area contributed by atoms with E-state index in [4.69, 9.17) is 4.42 Å². The molecule has 0 aliphatic carbocycles. The number of piperidine rings is 1. The lowest BCUT2D eigenvalue weighted by atomic mass is 10.0. The van der Waals surface area contributed by atoms with Crippen LogP contribution in [0.3, 0.4) is 0 Å². The SMILES string of the molecule is CC1CCCCN1C(=O)c1coc(-c2ccc(CNC(=O)CCc3ccccc3)cc2)n1. The third kappa shape index (κ3) is 5.44. The average Bonchev–Trinajstić information content (AvgIpc) is 3.33. The van der Waals surface area contributed by atoms with Crippen molar-refractivity contribution in [2.45, 2.75) is 51.6 Å². The van der Waals surface area contributed by atoms with E-state index < -0.39 is 0 Å². The number of nitrogens with zero attached hydrogens (tertiary/aromatic N) is 2. The van der Waals surface area contributed by atoms with Gasteiger partial charge in [-0.3, -0.25) is 9.59 Å². The van der Waals surface area contributed by atoms with Crippen molar-refractivity contribution in [3.8, 4) is 11.5 Å². The first-order valence-electron chi connectivity index (χ1n) is 11.3. The Morgan fingerprint density at radius 1 is 1.06 bits per heavy atom.